The molecule has 0 fully saturated rings. The zero-order valence-corrected chi connectivity index (χ0v) is 50.8. The average Bonchev–Trinajstić information content (AvgIpc) is 3.41. The topological polar surface area (TPSA) is 95.9 Å². The first kappa shape index (κ1) is 73.3. The van der Waals surface area contributed by atoms with Crippen LogP contribution in [0.2, 0.25) is 0 Å². The maximum atomic E-state index is 12.5. The van der Waals surface area contributed by atoms with Crippen molar-refractivity contribution in [2.75, 3.05) is 13.2 Å². The number of esters is 1. The van der Waals surface area contributed by atoms with Gasteiger partial charge in [0.1, 0.15) is 0 Å². The number of aliphatic hydroxyl groups excluding tert-OH is 2. The van der Waals surface area contributed by atoms with E-state index in [0.29, 0.717) is 25.9 Å². The molecule has 0 aliphatic carbocycles. The smallest absolute Gasteiger partial charge is 0.305 e. The van der Waals surface area contributed by atoms with E-state index >= 15 is 0 Å². The third kappa shape index (κ3) is 61.4. The maximum absolute atomic E-state index is 12.5. The average molecular weight is 1060 g/mol. The lowest BCUT2D eigenvalue weighted by Crippen LogP contribution is -2.45. The van der Waals surface area contributed by atoms with Gasteiger partial charge in [-0.15, -0.1) is 0 Å². The van der Waals surface area contributed by atoms with E-state index in [-0.39, 0.29) is 18.5 Å². The van der Waals surface area contributed by atoms with Gasteiger partial charge >= 0.3 is 5.97 Å². The Labute approximate surface area is 469 Å². The summed E-state index contributed by atoms with van der Waals surface area (Å²) in [6.45, 7) is 4.97. The minimum absolute atomic E-state index is 0.00844. The van der Waals surface area contributed by atoms with E-state index in [1.807, 2.05) is 0 Å². The Morgan fingerprint density at radius 3 is 0.947 bits per heavy atom. The first-order chi connectivity index (χ1) is 37.0. The molecule has 0 aromatic heterocycles. The number of allylic oxidation sites excluding steroid dienone is 4. The van der Waals surface area contributed by atoms with Crippen molar-refractivity contribution in [1.29, 1.82) is 0 Å². The van der Waals surface area contributed by atoms with Crippen LogP contribution in [0.3, 0.4) is 0 Å². The molecule has 0 saturated heterocycles. The van der Waals surface area contributed by atoms with Gasteiger partial charge in [0.15, 0.2) is 0 Å². The third-order valence-corrected chi connectivity index (χ3v) is 16.0. The van der Waals surface area contributed by atoms with Crippen molar-refractivity contribution in [3.05, 3.63) is 24.3 Å². The minimum Gasteiger partial charge on any atom is -0.466 e. The van der Waals surface area contributed by atoms with Crippen molar-refractivity contribution < 1.29 is 24.5 Å². The lowest BCUT2D eigenvalue weighted by atomic mass is 10.0. The van der Waals surface area contributed by atoms with Crippen molar-refractivity contribution in [3.63, 3.8) is 0 Å². The zero-order chi connectivity index (χ0) is 54.3. The molecule has 0 heterocycles. The van der Waals surface area contributed by atoms with E-state index in [9.17, 15) is 19.8 Å². The van der Waals surface area contributed by atoms with Gasteiger partial charge in [0.2, 0.25) is 5.91 Å². The first-order valence-corrected chi connectivity index (χ1v) is 34.1. The van der Waals surface area contributed by atoms with Crippen LogP contribution < -0.4 is 5.32 Å². The van der Waals surface area contributed by atoms with Crippen LogP contribution in [0.25, 0.3) is 0 Å². The molecule has 3 N–H and O–H groups in total. The molecule has 0 rings (SSSR count). The molecule has 2 unspecified atom stereocenters. The summed E-state index contributed by atoms with van der Waals surface area (Å²) in [6.07, 6.45) is 80.7. The number of unbranched alkanes of at least 4 members (excludes halogenated alkanes) is 49. The van der Waals surface area contributed by atoms with Crippen LogP contribution in [0.4, 0.5) is 0 Å². The molecule has 0 aliphatic rings. The SMILES string of the molecule is CCCCCCC/C=C\CCCCCCCC(=O)OCCCCCCCCCCCCCC/C=C\CCCCCCCCCCCCCCCC(=O)NC(CO)C(O)CCCCCCCCCCCCCCCCC. The van der Waals surface area contributed by atoms with Crippen LogP contribution in [-0.2, 0) is 14.3 Å². The summed E-state index contributed by atoms with van der Waals surface area (Å²) in [4.78, 5) is 24.6. The molecule has 75 heavy (non-hydrogen) atoms. The number of hydrogen-bond donors (Lipinski definition) is 3. The number of hydrogen-bond acceptors (Lipinski definition) is 5. The number of carbonyl (C=O) groups excluding carboxylic acids is 2. The molecular formula is C69H133NO5. The van der Waals surface area contributed by atoms with Crippen LogP contribution in [-0.4, -0.2) is 47.4 Å². The predicted octanol–water partition coefficient (Wildman–Crippen LogP) is 21.8. The van der Waals surface area contributed by atoms with E-state index in [2.05, 4.69) is 43.5 Å². The second kappa shape index (κ2) is 64.9. The number of amides is 1. The molecule has 6 heteroatoms. The highest BCUT2D eigenvalue weighted by Gasteiger charge is 2.20. The summed E-state index contributed by atoms with van der Waals surface area (Å²) in [7, 11) is 0. The molecule has 0 aromatic rings. The van der Waals surface area contributed by atoms with Crippen molar-refractivity contribution in [2.24, 2.45) is 0 Å². The highest BCUT2D eigenvalue weighted by molar-refractivity contribution is 5.76. The predicted molar refractivity (Wildman–Crippen MR) is 329 cm³/mol. The van der Waals surface area contributed by atoms with Crippen LogP contribution >= 0.6 is 0 Å². The van der Waals surface area contributed by atoms with E-state index in [1.165, 1.54) is 302 Å². The fourth-order valence-corrected chi connectivity index (χ4v) is 10.7. The van der Waals surface area contributed by atoms with Gasteiger partial charge in [-0.05, 0) is 77.0 Å². The Hall–Kier alpha value is -1.66. The number of ether oxygens (including phenoxy) is 1. The monoisotopic (exact) mass is 1060 g/mol. The summed E-state index contributed by atoms with van der Waals surface area (Å²) in [5.74, 6) is -0.0231. The maximum Gasteiger partial charge on any atom is 0.305 e. The van der Waals surface area contributed by atoms with Crippen LogP contribution in [0.5, 0.6) is 0 Å². The fraction of sp³-hybridized carbons (Fsp3) is 0.913. The molecule has 6 nitrogen and oxygen atoms in total. The first-order valence-electron chi connectivity index (χ1n) is 34.1. The zero-order valence-electron chi connectivity index (χ0n) is 50.8. The largest absolute Gasteiger partial charge is 0.466 e. The molecule has 0 radical (unpaired) electrons. The lowest BCUT2D eigenvalue weighted by Gasteiger charge is -2.22. The standard InChI is InChI=1S/C69H133NO5/c1-3-5-7-9-11-13-15-17-34-37-41-45-49-53-57-61-67(72)66(65-71)70-68(73)62-58-54-50-46-42-38-35-32-30-28-26-24-22-20-19-21-23-25-27-29-31-33-36-40-44-48-52-56-60-64-75-69(74)63-59-55-51-47-43-39-18-16-14-12-10-8-6-4-2/h16,18-19,21,66-67,71-72H,3-15,17,20,22-65H2,1-2H3,(H,70,73)/b18-16-,21-19-. The fourth-order valence-electron chi connectivity index (χ4n) is 10.7. The number of carbonyl (C=O) groups is 2. The molecule has 0 saturated carbocycles. The van der Waals surface area contributed by atoms with Gasteiger partial charge in [-0.2, -0.15) is 0 Å². The van der Waals surface area contributed by atoms with E-state index in [1.54, 1.807) is 0 Å². The van der Waals surface area contributed by atoms with Gasteiger partial charge in [0.05, 0.1) is 25.4 Å². The highest BCUT2D eigenvalue weighted by atomic mass is 16.5. The van der Waals surface area contributed by atoms with Crippen LogP contribution in [0, 0.1) is 0 Å². The van der Waals surface area contributed by atoms with Gasteiger partial charge in [0.25, 0.3) is 0 Å². The Morgan fingerprint density at radius 2 is 0.627 bits per heavy atom. The Bertz CT molecular complexity index is 1170. The number of nitrogens with one attached hydrogen (secondary N) is 1. The van der Waals surface area contributed by atoms with Gasteiger partial charge in [-0.25, -0.2) is 0 Å². The Kier molecular flexibility index (Phi) is 63.4. The van der Waals surface area contributed by atoms with Gasteiger partial charge < -0.3 is 20.3 Å². The molecule has 0 spiro atoms. The summed E-state index contributed by atoms with van der Waals surface area (Å²) >= 11 is 0. The molecule has 444 valence electrons. The van der Waals surface area contributed by atoms with Crippen LogP contribution in [0.1, 0.15) is 380 Å². The van der Waals surface area contributed by atoms with Crippen LogP contribution in [0.15, 0.2) is 24.3 Å². The molecule has 1 amide bonds. The normalized spacial score (nSPS) is 12.6. The molecule has 2 atom stereocenters. The van der Waals surface area contributed by atoms with Gasteiger partial charge in [0, 0.05) is 12.8 Å². The summed E-state index contributed by atoms with van der Waals surface area (Å²) in [6, 6.07) is -0.540. The quantitative estimate of drug-likeness (QED) is 0.0320. The summed E-state index contributed by atoms with van der Waals surface area (Å²) in [5, 5.41) is 23.3. The van der Waals surface area contributed by atoms with Gasteiger partial charge in [-0.1, -0.05) is 314 Å². The molecule has 0 aliphatic heterocycles. The van der Waals surface area contributed by atoms with Crippen molar-refractivity contribution in [1.82, 2.24) is 5.32 Å². The van der Waals surface area contributed by atoms with E-state index in [4.69, 9.17) is 4.74 Å². The molecule has 0 aromatic carbocycles. The van der Waals surface area contributed by atoms with Crippen molar-refractivity contribution >= 4 is 11.9 Å². The van der Waals surface area contributed by atoms with Crippen molar-refractivity contribution in [3.8, 4) is 0 Å². The Morgan fingerprint density at radius 1 is 0.360 bits per heavy atom. The Balaban J connectivity index is 3.36. The second-order valence-electron chi connectivity index (χ2n) is 23.5. The third-order valence-electron chi connectivity index (χ3n) is 16.0. The second-order valence-corrected chi connectivity index (χ2v) is 23.5. The minimum atomic E-state index is -0.663. The molecular weight excluding hydrogens is 923 g/mol. The van der Waals surface area contributed by atoms with E-state index in [0.717, 1.165) is 44.9 Å². The van der Waals surface area contributed by atoms with E-state index < -0.39 is 12.1 Å². The highest BCUT2D eigenvalue weighted by Crippen LogP contribution is 2.18. The summed E-state index contributed by atoms with van der Waals surface area (Å²) in [5.41, 5.74) is 0. The number of rotatable bonds is 64. The lowest BCUT2D eigenvalue weighted by molar-refractivity contribution is -0.143. The number of aliphatic hydroxyl groups is 2. The summed E-state index contributed by atoms with van der Waals surface area (Å²) < 4.78 is 5.48. The molecule has 0 bridgehead atoms. The van der Waals surface area contributed by atoms with Crippen molar-refractivity contribution in [2.45, 2.75) is 392 Å². The van der Waals surface area contributed by atoms with Gasteiger partial charge in [-0.3, -0.25) is 9.59 Å².